The van der Waals surface area contributed by atoms with Crippen LogP contribution in [0.2, 0.25) is 0 Å². The van der Waals surface area contributed by atoms with E-state index in [1.165, 1.54) is 11.1 Å². The van der Waals surface area contributed by atoms with E-state index in [1.54, 1.807) is 7.11 Å². The van der Waals surface area contributed by atoms with Crippen LogP contribution >= 0.6 is 0 Å². The zero-order valence-corrected chi connectivity index (χ0v) is 16.9. The molecule has 3 nitrogen and oxygen atoms in total. The van der Waals surface area contributed by atoms with Crippen molar-refractivity contribution in [1.29, 1.82) is 0 Å². The fourth-order valence-corrected chi connectivity index (χ4v) is 3.21. The molecule has 0 N–H and O–H groups in total. The molecule has 138 valence electrons. The Labute approximate surface area is 157 Å². The van der Waals surface area contributed by atoms with Gasteiger partial charge in [-0.15, -0.1) is 0 Å². The van der Waals surface area contributed by atoms with Crippen LogP contribution in [0.5, 0.6) is 5.75 Å². The molecule has 1 saturated heterocycles. The van der Waals surface area contributed by atoms with E-state index < -0.39 is 0 Å². The van der Waals surface area contributed by atoms with Gasteiger partial charge in [-0.1, -0.05) is 50.2 Å². The van der Waals surface area contributed by atoms with Crippen molar-refractivity contribution in [2.24, 2.45) is 0 Å². The van der Waals surface area contributed by atoms with Gasteiger partial charge >= 0.3 is 7.12 Å². The maximum Gasteiger partial charge on any atom is 0.494 e. The largest absolute Gasteiger partial charge is 0.497 e. The van der Waals surface area contributed by atoms with Gasteiger partial charge < -0.3 is 14.0 Å². The Kier molecular flexibility index (Phi) is 4.70. The van der Waals surface area contributed by atoms with Crippen molar-refractivity contribution in [1.82, 2.24) is 0 Å². The van der Waals surface area contributed by atoms with Crippen LogP contribution in [0.15, 0.2) is 48.5 Å². The highest BCUT2D eigenvalue weighted by Gasteiger charge is 2.51. The first-order valence-electron chi connectivity index (χ1n) is 9.17. The summed E-state index contributed by atoms with van der Waals surface area (Å²) in [5.41, 5.74) is 2.82. The standard InChI is InChI=1S/C22H29BO3/c1-20(2,17-10-14-19(24-7)15-11-17)16-8-12-18(13-9-16)23-25-21(3,4)22(5,6)26-23/h8-15H,1-7H3. The lowest BCUT2D eigenvalue weighted by molar-refractivity contribution is 0.00578. The van der Waals surface area contributed by atoms with Crippen molar-refractivity contribution >= 4 is 12.6 Å². The maximum atomic E-state index is 6.15. The van der Waals surface area contributed by atoms with Crippen LogP contribution in [-0.2, 0) is 14.7 Å². The molecule has 0 aliphatic carbocycles. The van der Waals surface area contributed by atoms with Gasteiger partial charge in [-0.3, -0.25) is 0 Å². The van der Waals surface area contributed by atoms with Gasteiger partial charge in [-0.05, 0) is 56.4 Å². The molecule has 4 heteroatoms. The normalized spacial score (nSPS) is 18.8. The van der Waals surface area contributed by atoms with Gasteiger partial charge in [0.15, 0.2) is 0 Å². The summed E-state index contributed by atoms with van der Waals surface area (Å²) in [5, 5.41) is 0. The summed E-state index contributed by atoms with van der Waals surface area (Å²) in [5.74, 6) is 0.876. The first-order chi connectivity index (χ1) is 12.1. The predicted molar refractivity (Wildman–Crippen MR) is 107 cm³/mol. The molecule has 0 unspecified atom stereocenters. The summed E-state index contributed by atoms with van der Waals surface area (Å²) >= 11 is 0. The summed E-state index contributed by atoms with van der Waals surface area (Å²) in [6.45, 7) is 12.8. The van der Waals surface area contributed by atoms with Gasteiger partial charge in [0.1, 0.15) is 5.75 Å². The molecule has 1 fully saturated rings. The zero-order valence-electron chi connectivity index (χ0n) is 16.9. The third-order valence-electron chi connectivity index (χ3n) is 5.97. The van der Waals surface area contributed by atoms with Crippen LogP contribution in [-0.4, -0.2) is 25.4 Å². The molecule has 0 radical (unpaired) electrons. The van der Waals surface area contributed by atoms with Gasteiger partial charge in [0, 0.05) is 5.41 Å². The molecule has 1 aliphatic rings. The molecule has 2 aromatic carbocycles. The number of hydrogen-bond acceptors (Lipinski definition) is 3. The van der Waals surface area contributed by atoms with E-state index in [2.05, 4.69) is 77.9 Å². The summed E-state index contributed by atoms with van der Waals surface area (Å²) in [4.78, 5) is 0. The van der Waals surface area contributed by atoms with E-state index in [0.717, 1.165) is 11.2 Å². The Balaban J connectivity index is 1.83. The van der Waals surface area contributed by atoms with Gasteiger partial charge in [0.25, 0.3) is 0 Å². The number of benzene rings is 2. The summed E-state index contributed by atoms with van der Waals surface area (Å²) in [6.07, 6.45) is 0. The van der Waals surface area contributed by atoms with E-state index in [0.29, 0.717) is 0 Å². The number of rotatable bonds is 4. The van der Waals surface area contributed by atoms with Gasteiger partial charge in [-0.2, -0.15) is 0 Å². The highest BCUT2D eigenvalue weighted by atomic mass is 16.7. The van der Waals surface area contributed by atoms with E-state index in [4.69, 9.17) is 14.0 Å². The Morgan fingerprint density at radius 1 is 0.769 bits per heavy atom. The molecule has 3 rings (SSSR count). The second-order valence-corrected chi connectivity index (χ2v) is 8.56. The lowest BCUT2D eigenvalue weighted by Crippen LogP contribution is -2.41. The Morgan fingerprint density at radius 2 is 1.19 bits per heavy atom. The summed E-state index contributed by atoms with van der Waals surface area (Å²) in [6, 6.07) is 16.8. The van der Waals surface area contributed by atoms with E-state index >= 15 is 0 Å². The lowest BCUT2D eigenvalue weighted by atomic mass is 9.74. The second-order valence-electron chi connectivity index (χ2n) is 8.56. The Hall–Kier alpha value is -1.78. The van der Waals surface area contributed by atoms with Crippen molar-refractivity contribution in [3.05, 3.63) is 59.7 Å². The summed E-state index contributed by atoms with van der Waals surface area (Å²) < 4.78 is 17.6. The van der Waals surface area contributed by atoms with Crippen LogP contribution < -0.4 is 10.2 Å². The quantitative estimate of drug-likeness (QED) is 0.767. The van der Waals surface area contributed by atoms with Crippen LogP contribution in [0.1, 0.15) is 52.7 Å². The van der Waals surface area contributed by atoms with Crippen molar-refractivity contribution in [2.75, 3.05) is 7.11 Å². The SMILES string of the molecule is COc1ccc(C(C)(C)c2ccc(B3OC(C)(C)C(C)(C)O3)cc2)cc1. The molecule has 0 bridgehead atoms. The molecule has 0 saturated carbocycles. The smallest absolute Gasteiger partial charge is 0.494 e. The van der Waals surface area contributed by atoms with Gasteiger partial charge in [-0.25, -0.2) is 0 Å². The average Bonchev–Trinajstić information content (AvgIpc) is 2.83. The third-order valence-corrected chi connectivity index (χ3v) is 5.97. The highest BCUT2D eigenvalue weighted by Crippen LogP contribution is 2.37. The number of hydrogen-bond donors (Lipinski definition) is 0. The van der Waals surface area contributed by atoms with Crippen molar-refractivity contribution in [3.63, 3.8) is 0 Å². The molecule has 0 aromatic heterocycles. The molecular formula is C22H29BO3. The molecular weight excluding hydrogens is 323 g/mol. The lowest BCUT2D eigenvalue weighted by Gasteiger charge is -2.32. The second kappa shape index (κ2) is 6.43. The van der Waals surface area contributed by atoms with Crippen molar-refractivity contribution < 1.29 is 14.0 Å². The van der Waals surface area contributed by atoms with E-state index in [-0.39, 0.29) is 23.7 Å². The van der Waals surface area contributed by atoms with Crippen LogP contribution in [0.3, 0.4) is 0 Å². The zero-order chi connectivity index (χ0) is 19.2. The number of methoxy groups -OCH3 is 1. The highest BCUT2D eigenvalue weighted by molar-refractivity contribution is 6.62. The van der Waals surface area contributed by atoms with Crippen molar-refractivity contribution in [3.8, 4) is 5.75 Å². The molecule has 26 heavy (non-hydrogen) atoms. The van der Waals surface area contributed by atoms with Gasteiger partial charge in [0.05, 0.1) is 18.3 Å². The maximum absolute atomic E-state index is 6.15. The summed E-state index contributed by atoms with van der Waals surface area (Å²) in [7, 11) is 1.37. The van der Waals surface area contributed by atoms with E-state index in [9.17, 15) is 0 Å². The minimum atomic E-state index is -0.321. The van der Waals surface area contributed by atoms with E-state index in [1.807, 2.05) is 12.1 Å². The topological polar surface area (TPSA) is 27.7 Å². The molecule has 0 spiro atoms. The first-order valence-corrected chi connectivity index (χ1v) is 9.17. The third kappa shape index (κ3) is 3.28. The minimum absolute atomic E-state index is 0.0965. The average molecular weight is 352 g/mol. The fourth-order valence-electron chi connectivity index (χ4n) is 3.21. The Morgan fingerprint density at radius 3 is 1.62 bits per heavy atom. The monoisotopic (exact) mass is 352 g/mol. The first kappa shape index (κ1) is 19.0. The molecule has 0 atom stereocenters. The molecule has 0 amide bonds. The van der Waals surface area contributed by atoms with Crippen molar-refractivity contribution in [2.45, 2.75) is 58.2 Å². The Bertz CT molecular complexity index is 745. The molecule has 1 aliphatic heterocycles. The number of ether oxygens (including phenoxy) is 1. The molecule has 1 heterocycles. The van der Waals surface area contributed by atoms with Crippen LogP contribution in [0.4, 0.5) is 0 Å². The van der Waals surface area contributed by atoms with Crippen LogP contribution in [0, 0.1) is 0 Å². The fraction of sp³-hybridized carbons (Fsp3) is 0.455. The molecule has 2 aromatic rings. The minimum Gasteiger partial charge on any atom is -0.497 e. The van der Waals surface area contributed by atoms with Gasteiger partial charge in [0.2, 0.25) is 0 Å². The van der Waals surface area contributed by atoms with Crippen LogP contribution in [0.25, 0.3) is 0 Å². The predicted octanol–water partition coefficient (Wildman–Crippen LogP) is 4.32.